The highest BCUT2D eigenvalue weighted by Crippen LogP contribution is 2.28. The first-order valence-electron chi connectivity index (χ1n) is 6.61. The molecule has 2 rings (SSSR count). The van der Waals surface area contributed by atoms with E-state index in [2.05, 4.69) is 0 Å². The molecule has 0 N–H and O–H groups in total. The van der Waals surface area contributed by atoms with Gasteiger partial charge in [0, 0.05) is 30.9 Å². The van der Waals surface area contributed by atoms with Crippen LogP contribution in [0.5, 0.6) is 11.5 Å². The van der Waals surface area contributed by atoms with Crippen molar-refractivity contribution in [1.29, 1.82) is 0 Å². The van der Waals surface area contributed by atoms with Crippen LogP contribution in [-0.2, 0) is 0 Å². The molecule has 0 heterocycles. The Morgan fingerprint density at radius 2 is 1.43 bits per heavy atom. The van der Waals surface area contributed by atoms with E-state index in [0.29, 0.717) is 22.6 Å². The number of hydrogen-bond donors (Lipinski definition) is 0. The standard InChI is InChI=1S/C17H19NO3/c1-18(2)14-8-5-12(6-9-14)17(19)13-7-10-15(20-3)16(11-13)21-4/h5-11H,1-4H3. The fourth-order valence-electron chi connectivity index (χ4n) is 2.06. The number of carbonyl (C=O) groups is 1. The smallest absolute Gasteiger partial charge is 0.193 e. The Morgan fingerprint density at radius 3 is 1.95 bits per heavy atom. The minimum absolute atomic E-state index is 0.0405. The molecule has 0 saturated heterocycles. The molecular formula is C17H19NO3. The number of nitrogens with zero attached hydrogens (tertiary/aromatic N) is 1. The Hall–Kier alpha value is -2.49. The second-order valence-corrected chi connectivity index (χ2v) is 4.84. The van der Waals surface area contributed by atoms with Gasteiger partial charge in [-0.3, -0.25) is 4.79 Å². The van der Waals surface area contributed by atoms with Crippen LogP contribution in [0.3, 0.4) is 0 Å². The number of carbonyl (C=O) groups excluding carboxylic acids is 1. The third-order valence-electron chi connectivity index (χ3n) is 3.29. The molecule has 0 saturated carbocycles. The van der Waals surface area contributed by atoms with Crippen molar-refractivity contribution in [3.8, 4) is 11.5 Å². The highest BCUT2D eigenvalue weighted by atomic mass is 16.5. The zero-order chi connectivity index (χ0) is 15.4. The molecule has 0 atom stereocenters. The number of rotatable bonds is 5. The summed E-state index contributed by atoms with van der Waals surface area (Å²) in [6, 6.07) is 12.7. The molecule has 2 aromatic rings. The summed E-state index contributed by atoms with van der Waals surface area (Å²) in [6.07, 6.45) is 0. The van der Waals surface area contributed by atoms with Crippen LogP contribution < -0.4 is 14.4 Å². The van der Waals surface area contributed by atoms with Gasteiger partial charge >= 0.3 is 0 Å². The normalized spacial score (nSPS) is 10.1. The summed E-state index contributed by atoms with van der Waals surface area (Å²) in [7, 11) is 7.05. The SMILES string of the molecule is COc1ccc(C(=O)c2ccc(N(C)C)cc2)cc1OC. The van der Waals surface area contributed by atoms with Crippen LogP contribution in [0.2, 0.25) is 0 Å². The Kier molecular flexibility index (Phi) is 4.48. The van der Waals surface area contributed by atoms with Gasteiger partial charge in [0.1, 0.15) is 0 Å². The van der Waals surface area contributed by atoms with Crippen LogP contribution >= 0.6 is 0 Å². The van der Waals surface area contributed by atoms with Gasteiger partial charge in [0.15, 0.2) is 17.3 Å². The van der Waals surface area contributed by atoms with Crippen molar-refractivity contribution in [1.82, 2.24) is 0 Å². The van der Waals surface area contributed by atoms with Gasteiger partial charge in [-0.15, -0.1) is 0 Å². The van der Waals surface area contributed by atoms with Gasteiger partial charge in [-0.05, 0) is 42.5 Å². The van der Waals surface area contributed by atoms with E-state index in [1.807, 2.05) is 43.3 Å². The maximum absolute atomic E-state index is 12.5. The Bertz CT molecular complexity index is 633. The number of hydrogen-bond acceptors (Lipinski definition) is 4. The lowest BCUT2D eigenvalue weighted by Gasteiger charge is -2.13. The Morgan fingerprint density at radius 1 is 0.857 bits per heavy atom. The first-order chi connectivity index (χ1) is 10.1. The molecule has 0 aromatic heterocycles. The van der Waals surface area contributed by atoms with Gasteiger partial charge in [-0.2, -0.15) is 0 Å². The summed E-state index contributed by atoms with van der Waals surface area (Å²) in [6.45, 7) is 0. The Balaban J connectivity index is 2.31. The number of ketones is 1. The van der Waals surface area contributed by atoms with Crippen LogP contribution in [0, 0.1) is 0 Å². The van der Waals surface area contributed by atoms with Gasteiger partial charge in [-0.1, -0.05) is 0 Å². The van der Waals surface area contributed by atoms with E-state index in [1.54, 1.807) is 32.4 Å². The number of ether oxygens (including phenoxy) is 2. The molecule has 0 aliphatic heterocycles. The van der Waals surface area contributed by atoms with Gasteiger partial charge in [0.05, 0.1) is 14.2 Å². The summed E-state index contributed by atoms with van der Waals surface area (Å²) in [5.74, 6) is 1.12. The molecule has 0 spiro atoms. The minimum Gasteiger partial charge on any atom is -0.493 e. The maximum Gasteiger partial charge on any atom is 0.193 e. The summed E-state index contributed by atoms with van der Waals surface area (Å²) in [4.78, 5) is 14.5. The van der Waals surface area contributed by atoms with Crippen molar-refractivity contribution in [3.63, 3.8) is 0 Å². The molecule has 4 heteroatoms. The first-order valence-corrected chi connectivity index (χ1v) is 6.61. The fraction of sp³-hybridized carbons (Fsp3) is 0.235. The van der Waals surface area contributed by atoms with E-state index < -0.39 is 0 Å². The quantitative estimate of drug-likeness (QED) is 0.792. The van der Waals surface area contributed by atoms with Crippen molar-refractivity contribution in [2.24, 2.45) is 0 Å². The third-order valence-corrected chi connectivity index (χ3v) is 3.29. The monoisotopic (exact) mass is 285 g/mol. The predicted molar refractivity (Wildman–Crippen MR) is 83.7 cm³/mol. The predicted octanol–water partition coefficient (Wildman–Crippen LogP) is 3.00. The van der Waals surface area contributed by atoms with Crippen LogP contribution in [0.15, 0.2) is 42.5 Å². The molecule has 110 valence electrons. The lowest BCUT2D eigenvalue weighted by molar-refractivity contribution is 0.103. The number of benzene rings is 2. The van der Waals surface area contributed by atoms with Crippen molar-refractivity contribution >= 4 is 11.5 Å². The number of anilines is 1. The zero-order valence-electron chi connectivity index (χ0n) is 12.7. The summed E-state index contributed by atoms with van der Waals surface area (Å²) < 4.78 is 10.4. The van der Waals surface area contributed by atoms with Crippen molar-refractivity contribution in [2.75, 3.05) is 33.2 Å². The van der Waals surface area contributed by atoms with E-state index in [4.69, 9.17) is 9.47 Å². The average Bonchev–Trinajstić information content (AvgIpc) is 2.53. The summed E-state index contributed by atoms with van der Waals surface area (Å²) in [5.41, 5.74) is 2.27. The minimum atomic E-state index is -0.0405. The molecular weight excluding hydrogens is 266 g/mol. The molecule has 0 aliphatic carbocycles. The van der Waals surface area contributed by atoms with Gasteiger partial charge in [-0.25, -0.2) is 0 Å². The van der Waals surface area contributed by atoms with E-state index in [9.17, 15) is 4.79 Å². The first kappa shape index (κ1) is 14.9. The fourth-order valence-corrected chi connectivity index (χ4v) is 2.06. The van der Waals surface area contributed by atoms with E-state index in [0.717, 1.165) is 5.69 Å². The lowest BCUT2D eigenvalue weighted by atomic mass is 10.0. The lowest BCUT2D eigenvalue weighted by Crippen LogP contribution is -2.09. The molecule has 0 fully saturated rings. The maximum atomic E-state index is 12.5. The van der Waals surface area contributed by atoms with E-state index in [-0.39, 0.29) is 5.78 Å². The molecule has 0 aliphatic rings. The van der Waals surface area contributed by atoms with Gasteiger partial charge in [0.25, 0.3) is 0 Å². The summed E-state index contributed by atoms with van der Waals surface area (Å²) >= 11 is 0. The molecule has 21 heavy (non-hydrogen) atoms. The number of methoxy groups -OCH3 is 2. The zero-order valence-corrected chi connectivity index (χ0v) is 12.7. The third kappa shape index (κ3) is 3.16. The highest BCUT2D eigenvalue weighted by Gasteiger charge is 2.12. The van der Waals surface area contributed by atoms with Crippen molar-refractivity contribution in [2.45, 2.75) is 0 Å². The van der Waals surface area contributed by atoms with Gasteiger partial charge in [0.2, 0.25) is 0 Å². The second kappa shape index (κ2) is 6.31. The molecule has 0 amide bonds. The van der Waals surface area contributed by atoms with Crippen LogP contribution in [0.1, 0.15) is 15.9 Å². The van der Waals surface area contributed by atoms with Crippen molar-refractivity contribution in [3.05, 3.63) is 53.6 Å². The summed E-state index contributed by atoms with van der Waals surface area (Å²) in [5, 5.41) is 0. The molecule has 4 nitrogen and oxygen atoms in total. The second-order valence-electron chi connectivity index (χ2n) is 4.84. The topological polar surface area (TPSA) is 38.8 Å². The van der Waals surface area contributed by atoms with Crippen molar-refractivity contribution < 1.29 is 14.3 Å². The Labute approximate surface area is 124 Å². The van der Waals surface area contributed by atoms with E-state index in [1.165, 1.54) is 0 Å². The average molecular weight is 285 g/mol. The van der Waals surface area contributed by atoms with Crippen LogP contribution in [0.25, 0.3) is 0 Å². The highest BCUT2D eigenvalue weighted by molar-refractivity contribution is 6.09. The van der Waals surface area contributed by atoms with Crippen LogP contribution in [0.4, 0.5) is 5.69 Å². The molecule has 0 unspecified atom stereocenters. The van der Waals surface area contributed by atoms with Gasteiger partial charge < -0.3 is 14.4 Å². The van der Waals surface area contributed by atoms with Crippen LogP contribution in [-0.4, -0.2) is 34.1 Å². The molecule has 0 bridgehead atoms. The largest absolute Gasteiger partial charge is 0.493 e. The van der Waals surface area contributed by atoms with E-state index >= 15 is 0 Å². The molecule has 2 aromatic carbocycles. The molecule has 0 radical (unpaired) electrons.